The quantitative estimate of drug-likeness (QED) is 0.553. The van der Waals surface area contributed by atoms with Gasteiger partial charge in [-0.2, -0.15) is 0 Å². The van der Waals surface area contributed by atoms with Crippen molar-refractivity contribution >= 4 is 32.6 Å². The van der Waals surface area contributed by atoms with Crippen molar-refractivity contribution in [2.75, 3.05) is 25.0 Å². The maximum absolute atomic E-state index is 12.7. The summed E-state index contributed by atoms with van der Waals surface area (Å²) in [6.45, 7) is 2.46. The fourth-order valence-corrected chi connectivity index (χ4v) is 4.09. The molecule has 29 heavy (non-hydrogen) atoms. The van der Waals surface area contributed by atoms with Crippen LogP contribution in [0.1, 0.15) is 5.56 Å². The van der Waals surface area contributed by atoms with E-state index in [0.717, 1.165) is 10.9 Å². The van der Waals surface area contributed by atoms with Crippen molar-refractivity contribution in [2.45, 2.75) is 18.4 Å². The molecule has 2 aromatic carbocycles. The van der Waals surface area contributed by atoms with Crippen LogP contribution in [0.3, 0.4) is 0 Å². The fraction of sp³-hybridized carbons (Fsp3) is 0.250. The van der Waals surface area contributed by atoms with Gasteiger partial charge < -0.3 is 19.1 Å². The van der Waals surface area contributed by atoms with Crippen molar-refractivity contribution in [3.63, 3.8) is 0 Å². The minimum absolute atomic E-state index is 0.0652. The molecule has 0 aliphatic heterocycles. The number of sulfonamides is 1. The maximum atomic E-state index is 12.7. The number of aliphatic carboxylic acids is 1. The monoisotopic (exact) mass is 418 g/mol. The highest BCUT2D eigenvalue weighted by Crippen LogP contribution is 2.25. The highest BCUT2D eigenvalue weighted by molar-refractivity contribution is 7.92. The normalized spacial score (nSPS) is 11.5. The van der Waals surface area contributed by atoms with E-state index in [1.165, 1.54) is 18.2 Å². The first-order valence-corrected chi connectivity index (χ1v) is 10.3. The number of methoxy groups -OCH3 is 1. The predicted octanol–water partition coefficient (Wildman–Crippen LogP) is 2.86. The first kappa shape index (κ1) is 20.7. The third-order valence-electron chi connectivity index (χ3n) is 4.37. The summed E-state index contributed by atoms with van der Waals surface area (Å²) >= 11 is 0. The lowest BCUT2D eigenvalue weighted by atomic mass is 10.2. The summed E-state index contributed by atoms with van der Waals surface area (Å²) in [5, 5.41) is 9.61. The number of carboxylic acid groups (broad SMARTS) is 1. The minimum Gasteiger partial charge on any atom is -0.482 e. The molecule has 0 radical (unpaired) electrons. The van der Waals surface area contributed by atoms with Gasteiger partial charge in [0.25, 0.3) is 10.0 Å². The molecule has 0 aliphatic carbocycles. The third-order valence-corrected chi connectivity index (χ3v) is 5.75. The Morgan fingerprint density at radius 3 is 2.66 bits per heavy atom. The van der Waals surface area contributed by atoms with E-state index in [1.807, 2.05) is 22.9 Å². The molecule has 8 nitrogen and oxygen atoms in total. The summed E-state index contributed by atoms with van der Waals surface area (Å²) < 4.78 is 40.3. The van der Waals surface area contributed by atoms with Crippen molar-refractivity contribution in [1.82, 2.24) is 4.57 Å². The predicted molar refractivity (Wildman–Crippen MR) is 109 cm³/mol. The van der Waals surface area contributed by atoms with Gasteiger partial charge in [0.15, 0.2) is 6.61 Å². The van der Waals surface area contributed by atoms with E-state index < -0.39 is 22.6 Å². The van der Waals surface area contributed by atoms with Gasteiger partial charge >= 0.3 is 5.97 Å². The Morgan fingerprint density at radius 1 is 1.17 bits per heavy atom. The zero-order valence-corrected chi connectivity index (χ0v) is 16.9. The van der Waals surface area contributed by atoms with Gasteiger partial charge in [-0.1, -0.05) is 0 Å². The molecule has 3 rings (SSSR count). The van der Waals surface area contributed by atoms with Crippen molar-refractivity contribution in [1.29, 1.82) is 0 Å². The Morgan fingerprint density at radius 2 is 1.97 bits per heavy atom. The van der Waals surface area contributed by atoms with Crippen LogP contribution in [0.2, 0.25) is 0 Å². The van der Waals surface area contributed by atoms with Gasteiger partial charge in [0, 0.05) is 36.4 Å². The highest BCUT2D eigenvalue weighted by atomic mass is 32.2. The lowest BCUT2D eigenvalue weighted by Crippen LogP contribution is -2.14. The lowest BCUT2D eigenvalue weighted by molar-refractivity contribution is -0.139. The molecule has 0 atom stereocenters. The van der Waals surface area contributed by atoms with Crippen LogP contribution in [-0.2, 0) is 26.1 Å². The number of ether oxygens (including phenoxy) is 2. The standard InChI is InChI=1S/C20H22N2O6S/c1-14-11-17(4-6-19(14)28-13-20(23)24)29(25,26)21-16-3-5-18-15(12-16)7-8-22(18)9-10-27-2/h3-8,11-12,21H,9-10,13H2,1-2H3,(H,23,24). The Bertz CT molecular complexity index is 1140. The number of hydrogen-bond acceptors (Lipinski definition) is 5. The maximum Gasteiger partial charge on any atom is 0.341 e. The Labute approximate surface area is 168 Å². The van der Waals surface area contributed by atoms with E-state index in [1.54, 1.807) is 26.2 Å². The van der Waals surface area contributed by atoms with Gasteiger partial charge in [0.05, 0.1) is 11.5 Å². The second-order valence-corrected chi connectivity index (χ2v) is 8.17. The van der Waals surface area contributed by atoms with E-state index >= 15 is 0 Å². The van der Waals surface area contributed by atoms with Crippen LogP contribution in [-0.4, -0.2) is 44.4 Å². The number of carboxylic acids is 1. The molecular formula is C20H22N2O6S. The number of nitrogens with zero attached hydrogens (tertiary/aromatic N) is 1. The topological polar surface area (TPSA) is 107 Å². The summed E-state index contributed by atoms with van der Waals surface area (Å²) in [7, 11) is -2.16. The van der Waals surface area contributed by atoms with E-state index in [0.29, 0.717) is 30.2 Å². The van der Waals surface area contributed by atoms with E-state index in [2.05, 4.69) is 4.72 Å². The van der Waals surface area contributed by atoms with Crippen LogP contribution in [0.4, 0.5) is 5.69 Å². The number of carbonyl (C=O) groups is 1. The zero-order chi connectivity index (χ0) is 21.0. The number of benzene rings is 2. The fourth-order valence-electron chi connectivity index (χ4n) is 2.95. The van der Waals surface area contributed by atoms with Gasteiger partial charge in [-0.05, 0) is 55.0 Å². The van der Waals surface area contributed by atoms with Crippen LogP contribution in [0.5, 0.6) is 5.75 Å². The molecular weight excluding hydrogens is 396 g/mol. The molecule has 9 heteroatoms. The number of aromatic nitrogens is 1. The minimum atomic E-state index is -3.81. The molecule has 1 heterocycles. The second kappa shape index (κ2) is 8.54. The largest absolute Gasteiger partial charge is 0.482 e. The SMILES string of the molecule is COCCn1ccc2cc(NS(=O)(=O)c3ccc(OCC(=O)O)c(C)c3)ccc21. The van der Waals surface area contributed by atoms with Gasteiger partial charge in [-0.25, -0.2) is 13.2 Å². The summed E-state index contributed by atoms with van der Waals surface area (Å²) in [4.78, 5) is 10.7. The number of rotatable bonds is 9. The Hall–Kier alpha value is -3.04. The molecule has 0 aliphatic rings. The molecule has 0 spiro atoms. The van der Waals surface area contributed by atoms with Crippen LogP contribution in [0, 0.1) is 6.92 Å². The average Bonchev–Trinajstić information content (AvgIpc) is 3.07. The molecule has 3 aromatic rings. The van der Waals surface area contributed by atoms with E-state index in [9.17, 15) is 13.2 Å². The molecule has 0 fully saturated rings. The van der Waals surface area contributed by atoms with Crippen LogP contribution in [0.15, 0.2) is 53.6 Å². The molecule has 0 unspecified atom stereocenters. The molecule has 0 saturated carbocycles. The highest BCUT2D eigenvalue weighted by Gasteiger charge is 2.16. The lowest BCUT2D eigenvalue weighted by Gasteiger charge is -2.12. The molecule has 0 bridgehead atoms. The first-order valence-electron chi connectivity index (χ1n) is 8.86. The second-order valence-electron chi connectivity index (χ2n) is 6.49. The molecule has 0 amide bonds. The van der Waals surface area contributed by atoms with E-state index in [-0.39, 0.29) is 4.90 Å². The molecule has 0 saturated heterocycles. The van der Waals surface area contributed by atoms with Crippen LogP contribution >= 0.6 is 0 Å². The molecule has 2 N–H and O–H groups in total. The van der Waals surface area contributed by atoms with Gasteiger partial charge in [0.1, 0.15) is 5.75 Å². The number of hydrogen-bond donors (Lipinski definition) is 2. The van der Waals surface area contributed by atoms with Crippen molar-refractivity contribution in [2.24, 2.45) is 0 Å². The number of nitrogens with one attached hydrogen (secondary N) is 1. The van der Waals surface area contributed by atoms with Crippen molar-refractivity contribution in [3.8, 4) is 5.75 Å². The average molecular weight is 418 g/mol. The Kier molecular flexibility index (Phi) is 6.09. The van der Waals surface area contributed by atoms with Crippen LogP contribution in [0.25, 0.3) is 10.9 Å². The number of fused-ring (bicyclic) bond motifs is 1. The van der Waals surface area contributed by atoms with E-state index in [4.69, 9.17) is 14.6 Å². The summed E-state index contributed by atoms with van der Waals surface area (Å²) in [6.07, 6.45) is 1.93. The van der Waals surface area contributed by atoms with Gasteiger partial charge in [-0.15, -0.1) is 0 Å². The smallest absolute Gasteiger partial charge is 0.341 e. The van der Waals surface area contributed by atoms with Crippen molar-refractivity contribution < 1.29 is 27.8 Å². The summed E-state index contributed by atoms with van der Waals surface area (Å²) in [6, 6.07) is 11.5. The zero-order valence-electron chi connectivity index (χ0n) is 16.1. The summed E-state index contributed by atoms with van der Waals surface area (Å²) in [5.41, 5.74) is 1.96. The van der Waals surface area contributed by atoms with Gasteiger partial charge in [0.2, 0.25) is 0 Å². The van der Waals surface area contributed by atoms with Crippen molar-refractivity contribution in [3.05, 3.63) is 54.2 Å². The summed E-state index contributed by atoms with van der Waals surface area (Å²) in [5.74, 6) is -0.778. The van der Waals surface area contributed by atoms with Crippen LogP contribution < -0.4 is 9.46 Å². The Balaban J connectivity index is 1.80. The number of aryl methyl sites for hydroxylation is 1. The van der Waals surface area contributed by atoms with Gasteiger partial charge in [-0.3, -0.25) is 4.72 Å². The molecule has 154 valence electrons. The molecule has 1 aromatic heterocycles. The third kappa shape index (κ3) is 4.87. The number of anilines is 1. The first-order chi connectivity index (χ1) is 13.8.